The van der Waals surface area contributed by atoms with Crippen molar-refractivity contribution in [2.45, 2.75) is 65.4 Å². The lowest BCUT2D eigenvalue weighted by Gasteiger charge is -2.38. The predicted octanol–water partition coefficient (Wildman–Crippen LogP) is 4.57. The molecule has 0 aliphatic heterocycles. The Hall–Kier alpha value is -0.300. The van der Waals surface area contributed by atoms with Gasteiger partial charge in [-0.1, -0.05) is 25.0 Å². The van der Waals surface area contributed by atoms with Crippen molar-refractivity contribution in [1.29, 1.82) is 0 Å². The van der Waals surface area contributed by atoms with Crippen molar-refractivity contribution >= 4 is 0 Å². The lowest BCUT2D eigenvalue weighted by Crippen LogP contribution is -2.31. The maximum atomic E-state index is 5.84. The summed E-state index contributed by atoms with van der Waals surface area (Å²) in [7, 11) is 0. The SMILES string of the molecule is CCOC(C)C(CC)C1C=C2CCCC(C2)C1. The monoisotopic (exact) mass is 236 g/mol. The highest BCUT2D eigenvalue weighted by atomic mass is 16.5. The Kier molecular flexibility index (Phi) is 4.67. The molecule has 2 rings (SSSR count). The molecule has 1 nitrogen and oxygen atoms in total. The Morgan fingerprint density at radius 1 is 1.41 bits per heavy atom. The normalized spacial score (nSPS) is 31.8. The van der Waals surface area contributed by atoms with Gasteiger partial charge >= 0.3 is 0 Å². The molecule has 0 amide bonds. The van der Waals surface area contributed by atoms with Gasteiger partial charge in [0.05, 0.1) is 6.10 Å². The van der Waals surface area contributed by atoms with Crippen LogP contribution in [0.2, 0.25) is 0 Å². The van der Waals surface area contributed by atoms with E-state index in [1.54, 1.807) is 5.57 Å². The van der Waals surface area contributed by atoms with Crippen molar-refractivity contribution in [3.05, 3.63) is 11.6 Å². The molecular weight excluding hydrogens is 208 g/mol. The minimum absolute atomic E-state index is 0.422. The molecule has 2 aliphatic carbocycles. The van der Waals surface area contributed by atoms with Crippen LogP contribution in [-0.2, 0) is 4.74 Å². The van der Waals surface area contributed by atoms with Gasteiger partial charge < -0.3 is 4.74 Å². The summed E-state index contributed by atoms with van der Waals surface area (Å²) in [6.45, 7) is 7.55. The van der Waals surface area contributed by atoms with Crippen LogP contribution in [0.3, 0.4) is 0 Å². The Morgan fingerprint density at radius 3 is 2.88 bits per heavy atom. The lowest BCUT2D eigenvalue weighted by molar-refractivity contribution is 0.0115. The number of hydrogen-bond donors (Lipinski definition) is 0. The Bertz CT molecular complexity index is 269. The van der Waals surface area contributed by atoms with Crippen molar-refractivity contribution in [2.75, 3.05) is 6.61 Å². The standard InChI is InChI=1S/C16H28O/c1-4-16(12(3)17-5-2)15-10-13-7-6-8-14(9-13)11-15/h10,12,14-16H,4-9,11H2,1-3H3. The third-order valence-electron chi connectivity index (χ3n) is 4.77. The van der Waals surface area contributed by atoms with Crippen LogP contribution in [0.5, 0.6) is 0 Å². The minimum atomic E-state index is 0.422. The van der Waals surface area contributed by atoms with Gasteiger partial charge in [0.2, 0.25) is 0 Å². The molecule has 4 atom stereocenters. The highest BCUT2D eigenvalue weighted by molar-refractivity contribution is 5.13. The summed E-state index contributed by atoms with van der Waals surface area (Å²) in [6, 6.07) is 0. The lowest BCUT2D eigenvalue weighted by atomic mass is 9.69. The van der Waals surface area contributed by atoms with Gasteiger partial charge in [-0.05, 0) is 63.7 Å². The molecule has 0 aromatic heterocycles. The van der Waals surface area contributed by atoms with Gasteiger partial charge in [-0.25, -0.2) is 0 Å². The number of ether oxygens (including phenoxy) is 1. The maximum Gasteiger partial charge on any atom is 0.0580 e. The van der Waals surface area contributed by atoms with E-state index in [4.69, 9.17) is 4.74 Å². The van der Waals surface area contributed by atoms with Gasteiger partial charge in [-0.2, -0.15) is 0 Å². The molecule has 0 saturated heterocycles. The second-order valence-electron chi connectivity index (χ2n) is 5.92. The number of hydrogen-bond acceptors (Lipinski definition) is 1. The molecule has 2 bridgehead atoms. The van der Waals surface area contributed by atoms with Gasteiger partial charge in [-0.15, -0.1) is 0 Å². The molecule has 1 saturated carbocycles. The molecule has 1 heteroatoms. The number of allylic oxidation sites excluding steroid dienone is 2. The molecule has 0 N–H and O–H groups in total. The summed E-state index contributed by atoms with van der Waals surface area (Å²) in [6.07, 6.45) is 11.4. The molecule has 98 valence electrons. The minimum Gasteiger partial charge on any atom is -0.378 e. The van der Waals surface area contributed by atoms with Gasteiger partial charge in [0, 0.05) is 6.61 Å². The molecule has 1 fully saturated rings. The summed E-state index contributed by atoms with van der Waals surface area (Å²) in [5, 5.41) is 0. The van der Waals surface area contributed by atoms with Crippen LogP contribution in [0.1, 0.15) is 59.3 Å². The third kappa shape index (κ3) is 3.13. The highest BCUT2D eigenvalue weighted by Crippen LogP contribution is 2.42. The van der Waals surface area contributed by atoms with Crippen LogP contribution in [-0.4, -0.2) is 12.7 Å². The van der Waals surface area contributed by atoms with Crippen LogP contribution >= 0.6 is 0 Å². The number of fused-ring (bicyclic) bond motifs is 2. The topological polar surface area (TPSA) is 9.23 Å². The molecule has 0 aromatic carbocycles. The largest absolute Gasteiger partial charge is 0.378 e. The molecule has 17 heavy (non-hydrogen) atoms. The van der Waals surface area contributed by atoms with Crippen LogP contribution in [0.4, 0.5) is 0 Å². The van der Waals surface area contributed by atoms with E-state index in [1.165, 1.54) is 38.5 Å². The molecule has 0 aromatic rings. The zero-order valence-corrected chi connectivity index (χ0v) is 11.7. The van der Waals surface area contributed by atoms with Crippen molar-refractivity contribution in [3.63, 3.8) is 0 Å². The van der Waals surface area contributed by atoms with Crippen molar-refractivity contribution in [1.82, 2.24) is 0 Å². The quantitative estimate of drug-likeness (QED) is 0.635. The van der Waals surface area contributed by atoms with Gasteiger partial charge in [0.1, 0.15) is 0 Å². The Labute approximate surface area is 107 Å². The first-order chi connectivity index (χ1) is 8.24. The van der Waals surface area contributed by atoms with Gasteiger partial charge in [-0.3, -0.25) is 0 Å². The van der Waals surface area contributed by atoms with Gasteiger partial charge in [0.15, 0.2) is 0 Å². The molecule has 0 radical (unpaired) electrons. The average molecular weight is 236 g/mol. The van der Waals surface area contributed by atoms with Crippen LogP contribution < -0.4 is 0 Å². The summed E-state index contributed by atoms with van der Waals surface area (Å²) >= 11 is 0. The molecular formula is C16H28O. The highest BCUT2D eigenvalue weighted by Gasteiger charge is 2.32. The first-order valence-electron chi connectivity index (χ1n) is 7.55. The second-order valence-corrected chi connectivity index (χ2v) is 5.92. The van der Waals surface area contributed by atoms with E-state index in [9.17, 15) is 0 Å². The first kappa shape index (κ1) is 13.1. The second kappa shape index (κ2) is 6.04. The van der Waals surface area contributed by atoms with E-state index in [0.29, 0.717) is 6.10 Å². The number of rotatable bonds is 5. The first-order valence-corrected chi connectivity index (χ1v) is 7.55. The van der Waals surface area contributed by atoms with E-state index >= 15 is 0 Å². The van der Waals surface area contributed by atoms with Gasteiger partial charge in [0.25, 0.3) is 0 Å². The molecule has 0 spiro atoms. The van der Waals surface area contributed by atoms with Crippen molar-refractivity contribution < 1.29 is 4.74 Å². The van der Waals surface area contributed by atoms with Crippen LogP contribution in [0.25, 0.3) is 0 Å². The van der Waals surface area contributed by atoms with Crippen LogP contribution in [0, 0.1) is 17.8 Å². The average Bonchev–Trinajstić information content (AvgIpc) is 2.30. The fourth-order valence-electron chi connectivity index (χ4n) is 3.97. The molecule has 4 unspecified atom stereocenters. The Morgan fingerprint density at radius 2 is 2.24 bits per heavy atom. The zero-order chi connectivity index (χ0) is 12.3. The van der Waals surface area contributed by atoms with Crippen LogP contribution in [0.15, 0.2) is 11.6 Å². The third-order valence-corrected chi connectivity index (χ3v) is 4.77. The summed E-state index contributed by atoms with van der Waals surface area (Å²) in [5.41, 5.74) is 1.75. The fraction of sp³-hybridized carbons (Fsp3) is 0.875. The smallest absolute Gasteiger partial charge is 0.0580 e. The summed E-state index contributed by atoms with van der Waals surface area (Å²) in [4.78, 5) is 0. The summed E-state index contributed by atoms with van der Waals surface area (Å²) in [5.74, 6) is 2.50. The zero-order valence-electron chi connectivity index (χ0n) is 11.7. The fourth-order valence-corrected chi connectivity index (χ4v) is 3.97. The van der Waals surface area contributed by atoms with Crippen molar-refractivity contribution in [3.8, 4) is 0 Å². The maximum absolute atomic E-state index is 5.84. The van der Waals surface area contributed by atoms with E-state index in [1.807, 2.05) is 0 Å². The molecule has 2 aliphatic rings. The summed E-state index contributed by atoms with van der Waals surface area (Å²) < 4.78 is 5.84. The van der Waals surface area contributed by atoms with E-state index in [2.05, 4.69) is 26.8 Å². The molecule has 0 heterocycles. The Balaban J connectivity index is 2.04. The van der Waals surface area contributed by atoms with Crippen molar-refractivity contribution in [2.24, 2.45) is 17.8 Å². The van der Waals surface area contributed by atoms with E-state index in [0.717, 1.165) is 24.4 Å². The predicted molar refractivity (Wildman–Crippen MR) is 73.0 cm³/mol. The van der Waals surface area contributed by atoms with E-state index in [-0.39, 0.29) is 0 Å². The van der Waals surface area contributed by atoms with E-state index < -0.39 is 0 Å².